The second kappa shape index (κ2) is 7.66. The Bertz CT molecular complexity index is 449. The number of rotatable bonds is 7. The Kier molecular flexibility index (Phi) is 6.48. The van der Waals surface area contributed by atoms with E-state index < -0.39 is 12.7 Å². The summed E-state index contributed by atoms with van der Waals surface area (Å²) in [6.07, 6.45) is -4.19. The highest BCUT2D eigenvalue weighted by Crippen LogP contribution is 2.27. The summed E-state index contributed by atoms with van der Waals surface area (Å²) in [6, 6.07) is 5.49. The molecule has 0 aromatic heterocycles. The third-order valence-electron chi connectivity index (χ3n) is 3.40. The Morgan fingerprint density at radius 1 is 1.33 bits per heavy atom. The van der Waals surface area contributed by atoms with E-state index in [0.717, 1.165) is 11.1 Å². The van der Waals surface area contributed by atoms with Gasteiger partial charge in [0.2, 0.25) is 0 Å². The van der Waals surface area contributed by atoms with Crippen LogP contribution in [0.4, 0.5) is 13.2 Å². The molecule has 6 heteroatoms. The van der Waals surface area contributed by atoms with Crippen molar-refractivity contribution in [1.82, 2.24) is 10.2 Å². The predicted molar refractivity (Wildman–Crippen MR) is 77.7 cm³/mol. The largest absolute Gasteiger partial charge is 0.496 e. The van der Waals surface area contributed by atoms with Crippen LogP contribution in [0, 0.1) is 6.92 Å². The van der Waals surface area contributed by atoms with Crippen LogP contribution in [0.15, 0.2) is 18.2 Å². The summed E-state index contributed by atoms with van der Waals surface area (Å²) in [5.74, 6) is 0.683. The molecule has 0 aliphatic carbocycles. The molecule has 0 fully saturated rings. The van der Waals surface area contributed by atoms with Crippen molar-refractivity contribution in [1.29, 1.82) is 0 Å². The molecule has 0 radical (unpaired) electrons. The average molecular weight is 304 g/mol. The summed E-state index contributed by atoms with van der Waals surface area (Å²) < 4.78 is 43.0. The maximum atomic E-state index is 12.6. The lowest BCUT2D eigenvalue weighted by Crippen LogP contribution is -2.39. The van der Waals surface area contributed by atoms with Gasteiger partial charge in [-0.1, -0.05) is 24.6 Å². The lowest BCUT2D eigenvalue weighted by molar-refractivity contribution is -0.146. The van der Waals surface area contributed by atoms with Gasteiger partial charge in [0.25, 0.3) is 0 Å². The highest BCUT2D eigenvalue weighted by atomic mass is 19.4. The number of hydrogen-bond acceptors (Lipinski definition) is 3. The molecule has 3 nitrogen and oxygen atoms in total. The van der Waals surface area contributed by atoms with E-state index in [4.69, 9.17) is 4.74 Å². The number of methoxy groups -OCH3 is 1. The van der Waals surface area contributed by atoms with Crippen molar-refractivity contribution in [3.63, 3.8) is 0 Å². The van der Waals surface area contributed by atoms with Crippen LogP contribution >= 0.6 is 0 Å². The molecule has 1 rings (SSSR count). The van der Waals surface area contributed by atoms with E-state index in [1.54, 1.807) is 21.1 Å². The van der Waals surface area contributed by atoms with Gasteiger partial charge in [0.05, 0.1) is 13.7 Å². The molecule has 120 valence electrons. The van der Waals surface area contributed by atoms with E-state index in [9.17, 15) is 13.2 Å². The molecule has 0 heterocycles. The number of aryl methyl sites for hydroxylation is 1. The van der Waals surface area contributed by atoms with Crippen molar-refractivity contribution in [2.45, 2.75) is 26.1 Å². The normalized spacial score (nSPS) is 13.5. The third kappa shape index (κ3) is 5.55. The van der Waals surface area contributed by atoms with Gasteiger partial charge in [0, 0.05) is 18.2 Å². The fourth-order valence-corrected chi connectivity index (χ4v) is 2.29. The first-order valence-corrected chi connectivity index (χ1v) is 6.91. The SMILES string of the molecule is CCN(CC(NC)c1cc(C)ccc1OC)CC(F)(F)F. The molecule has 0 saturated heterocycles. The summed E-state index contributed by atoms with van der Waals surface area (Å²) in [6.45, 7) is 3.38. The first kappa shape index (κ1) is 17.8. The fraction of sp³-hybridized carbons (Fsp3) is 0.600. The first-order chi connectivity index (χ1) is 9.80. The van der Waals surface area contributed by atoms with Crippen LogP contribution in [0.5, 0.6) is 5.75 Å². The standard InChI is InChI=1S/C15H23F3N2O/c1-5-20(10-15(16,17)18)9-13(19-3)12-8-11(2)6-7-14(12)21-4/h6-8,13,19H,5,9-10H2,1-4H3. The maximum Gasteiger partial charge on any atom is 0.401 e. The highest BCUT2D eigenvalue weighted by Gasteiger charge is 2.31. The van der Waals surface area contributed by atoms with E-state index in [1.807, 2.05) is 25.1 Å². The number of likely N-dealkylation sites (N-methyl/N-ethyl adjacent to an activating group) is 2. The number of halogens is 3. The molecule has 1 unspecified atom stereocenters. The van der Waals surface area contributed by atoms with E-state index >= 15 is 0 Å². The smallest absolute Gasteiger partial charge is 0.401 e. The zero-order valence-corrected chi connectivity index (χ0v) is 12.9. The molecule has 0 amide bonds. The zero-order chi connectivity index (χ0) is 16.0. The lowest BCUT2D eigenvalue weighted by Gasteiger charge is -2.28. The summed E-state index contributed by atoms with van der Waals surface area (Å²) in [5.41, 5.74) is 1.92. The minimum Gasteiger partial charge on any atom is -0.496 e. The molecule has 21 heavy (non-hydrogen) atoms. The first-order valence-electron chi connectivity index (χ1n) is 6.91. The third-order valence-corrected chi connectivity index (χ3v) is 3.40. The van der Waals surface area contributed by atoms with E-state index in [1.165, 1.54) is 4.90 Å². The molecule has 0 aliphatic heterocycles. The van der Waals surface area contributed by atoms with Crippen LogP contribution in [0.1, 0.15) is 24.1 Å². The van der Waals surface area contributed by atoms with Crippen LogP contribution in [0.3, 0.4) is 0 Å². The molecular formula is C15H23F3N2O. The summed E-state index contributed by atoms with van der Waals surface area (Å²) in [7, 11) is 3.31. The van der Waals surface area contributed by atoms with Gasteiger partial charge in [0.15, 0.2) is 0 Å². The average Bonchev–Trinajstić information content (AvgIpc) is 2.42. The van der Waals surface area contributed by atoms with Crippen molar-refractivity contribution < 1.29 is 17.9 Å². The van der Waals surface area contributed by atoms with Crippen molar-refractivity contribution >= 4 is 0 Å². The number of ether oxygens (including phenoxy) is 1. The van der Waals surface area contributed by atoms with Gasteiger partial charge in [-0.25, -0.2) is 0 Å². The molecule has 1 aromatic carbocycles. The Morgan fingerprint density at radius 3 is 2.48 bits per heavy atom. The van der Waals surface area contributed by atoms with Crippen LogP contribution in [-0.2, 0) is 0 Å². The van der Waals surface area contributed by atoms with Gasteiger partial charge in [0.1, 0.15) is 5.75 Å². The molecule has 0 saturated carbocycles. The topological polar surface area (TPSA) is 24.5 Å². The van der Waals surface area contributed by atoms with Crippen LogP contribution in [-0.4, -0.2) is 44.9 Å². The van der Waals surface area contributed by atoms with Crippen molar-refractivity contribution in [2.75, 3.05) is 33.8 Å². The Balaban J connectivity index is 2.94. The molecule has 1 N–H and O–H groups in total. The zero-order valence-electron chi connectivity index (χ0n) is 12.9. The van der Waals surface area contributed by atoms with Gasteiger partial charge < -0.3 is 10.1 Å². The summed E-state index contributed by atoms with van der Waals surface area (Å²) >= 11 is 0. The van der Waals surface area contributed by atoms with Crippen molar-refractivity contribution in [2.24, 2.45) is 0 Å². The van der Waals surface area contributed by atoms with E-state index in [2.05, 4.69) is 5.32 Å². The van der Waals surface area contributed by atoms with Gasteiger partial charge in [-0.2, -0.15) is 13.2 Å². The van der Waals surface area contributed by atoms with Gasteiger partial charge in [-0.3, -0.25) is 4.90 Å². The predicted octanol–water partition coefficient (Wildman–Crippen LogP) is 3.15. The molecule has 1 aromatic rings. The van der Waals surface area contributed by atoms with Crippen molar-refractivity contribution in [3.8, 4) is 5.75 Å². The van der Waals surface area contributed by atoms with E-state index in [-0.39, 0.29) is 12.6 Å². The van der Waals surface area contributed by atoms with Crippen LogP contribution in [0.25, 0.3) is 0 Å². The molecule has 0 bridgehead atoms. The number of benzene rings is 1. The minimum atomic E-state index is -4.19. The monoisotopic (exact) mass is 304 g/mol. The lowest BCUT2D eigenvalue weighted by atomic mass is 10.0. The second-order valence-electron chi connectivity index (χ2n) is 5.03. The van der Waals surface area contributed by atoms with Gasteiger partial charge in [-0.15, -0.1) is 0 Å². The van der Waals surface area contributed by atoms with E-state index in [0.29, 0.717) is 12.3 Å². The fourth-order valence-electron chi connectivity index (χ4n) is 2.29. The Hall–Kier alpha value is -1.27. The van der Waals surface area contributed by atoms with Gasteiger partial charge in [-0.05, 0) is 26.6 Å². The quantitative estimate of drug-likeness (QED) is 0.837. The molecule has 1 atom stereocenters. The Morgan fingerprint density at radius 2 is 2.00 bits per heavy atom. The van der Waals surface area contributed by atoms with Crippen LogP contribution in [0.2, 0.25) is 0 Å². The Labute approximate surface area is 124 Å². The number of alkyl halides is 3. The minimum absolute atomic E-state index is 0.220. The maximum absolute atomic E-state index is 12.6. The number of nitrogens with one attached hydrogen (secondary N) is 1. The molecule has 0 spiro atoms. The highest BCUT2D eigenvalue weighted by molar-refractivity contribution is 5.39. The van der Waals surface area contributed by atoms with Crippen molar-refractivity contribution in [3.05, 3.63) is 29.3 Å². The number of nitrogens with zero attached hydrogens (tertiary/aromatic N) is 1. The molecule has 0 aliphatic rings. The number of hydrogen-bond donors (Lipinski definition) is 1. The second-order valence-corrected chi connectivity index (χ2v) is 5.03. The summed E-state index contributed by atoms with van der Waals surface area (Å²) in [4.78, 5) is 1.38. The van der Waals surface area contributed by atoms with Crippen LogP contribution < -0.4 is 10.1 Å². The van der Waals surface area contributed by atoms with Gasteiger partial charge >= 0.3 is 6.18 Å². The summed E-state index contributed by atoms with van der Waals surface area (Å²) in [5, 5.41) is 3.08. The molecular weight excluding hydrogens is 281 g/mol.